The Kier molecular flexibility index (Phi) is 5.99. The zero-order valence-corrected chi connectivity index (χ0v) is 17.4. The van der Waals surface area contributed by atoms with Gasteiger partial charge in [0.1, 0.15) is 5.82 Å². The maximum absolute atomic E-state index is 13.4. The van der Waals surface area contributed by atoms with Crippen LogP contribution in [-0.4, -0.2) is 54.5 Å². The third kappa shape index (κ3) is 4.37. The van der Waals surface area contributed by atoms with Gasteiger partial charge < -0.3 is 14.5 Å². The first kappa shape index (κ1) is 20.1. The highest BCUT2D eigenvalue weighted by atomic mass is 32.1. The van der Waals surface area contributed by atoms with Gasteiger partial charge in [-0.15, -0.1) is 0 Å². The number of fused-ring (bicyclic) bond motifs is 1. The number of amides is 1. The van der Waals surface area contributed by atoms with Crippen molar-refractivity contribution in [2.24, 2.45) is 11.8 Å². The SMILES string of the molecule is CCOC(=O)C1CCCN(C(=O)C2CCN(c3nc4ccc(F)cc4s3)CC2)C1. The molecular formula is C21H26FN3O3S. The maximum atomic E-state index is 13.4. The smallest absolute Gasteiger partial charge is 0.310 e. The van der Waals surface area contributed by atoms with Crippen LogP contribution in [-0.2, 0) is 14.3 Å². The minimum Gasteiger partial charge on any atom is -0.466 e. The molecule has 3 heterocycles. The van der Waals surface area contributed by atoms with E-state index >= 15 is 0 Å². The van der Waals surface area contributed by atoms with Crippen LogP contribution in [0, 0.1) is 17.7 Å². The molecule has 1 amide bonds. The van der Waals surface area contributed by atoms with Gasteiger partial charge in [0, 0.05) is 32.1 Å². The molecule has 0 N–H and O–H groups in total. The lowest BCUT2D eigenvalue weighted by atomic mass is 9.92. The number of carbonyl (C=O) groups excluding carboxylic acids is 2. The second-order valence-electron chi connectivity index (χ2n) is 7.75. The molecule has 1 atom stereocenters. The third-order valence-electron chi connectivity index (χ3n) is 5.81. The Labute approximate surface area is 173 Å². The largest absolute Gasteiger partial charge is 0.466 e. The molecule has 0 saturated carbocycles. The Morgan fingerprint density at radius 2 is 2.00 bits per heavy atom. The highest BCUT2D eigenvalue weighted by Gasteiger charge is 2.34. The number of piperidine rings is 2. The lowest BCUT2D eigenvalue weighted by Crippen LogP contribution is -2.47. The highest BCUT2D eigenvalue weighted by molar-refractivity contribution is 7.22. The van der Waals surface area contributed by atoms with Gasteiger partial charge in [0.15, 0.2) is 5.13 Å². The predicted octanol–water partition coefficient (Wildman–Crippen LogP) is 3.45. The number of thiazole rings is 1. The number of carbonyl (C=O) groups is 2. The van der Waals surface area contributed by atoms with Crippen molar-refractivity contribution in [3.8, 4) is 0 Å². The van der Waals surface area contributed by atoms with Crippen molar-refractivity contribution in [1.82, 2.24) is 9.88 Å². The molecule has 1 aromatic heterocycles. The normalized spacial score (nSPS) is 20.8. The lowest BCUT2D eigenvalue weighted by Gasteiger charge is -2.37. The van der Waals surface area contributed by atoms with Crippen molar-refractivity contribution in [3.05, 3.63) is 24.0 Å². The van der Waals surface area contributed by atoms with Gasteiger partial charge in [-0.05, 0) is 50.8 Å². The molecule has 156 valence electrons. The molecule has 6 nitrogen and oxygen atoms in total. The summed E-state index contributed by atoms with van der Waals surface area (Å²) < 4.78 is 19.4. The molecule has 2 saturated heterocycles. The number of aromatic nitrogens is 1. The molecule has 0 spiro atoms. The van der Waals surface area contributed by atoms with E-state index in [1.807, 2.05) is 4.90 Å². The van der Waals surface area contributed by atoms with Crippen molar-refractivity contribution in [2.75, 3.05) is 37.7 Å². The first-order valence-corrected chi connectivity index (χ1v) is 11.1. The fourth-order valence-electron chi connectivity index (χ4n) is 4.23. The van der Waals surface area contributed by atoms with E-state index < -0.39 is 0 Å². The van der Waals surface area contributed by atoms with Gasteiger partial charge in [-0.25, -0.2) is 9.37 Å². The van der Waals surface area contributed by atoms with Crippen LogP contribution in [0.3, 0.4) is 0 Å². The summed E-state index contributed by atoms with van der Waals surface area (Å²) >= 11 is 1.49. The van der Waals surface area contributed by atoms with Gasteiger partial charge in [0.25, 0.3) is 0 Å². The minimum absolute atomic E-state index is 0.0148. The summed E-state index contributed by atoms with van der Waals surface area (Å²) in [5.41, 5.74) is 0.808. The average Bonchev–Trinajstić information content (AvgIpc) is 3.17. The number of esters is 1. The molecule has 0 bridgehead atoms. The highest BCUT2D eigenvalue weighted by Crippen LogP contribution is 2.32. The second kappa shape index (κ2) is 8.65. The van der Waals surface area contributed by atoms with Crippen LogP contribution in [0.25, 0.3) is 10.2 Å². The minimum atomic E-state index is -0.250. The van der Waals surface area contributed by atoms with Gasteiger partial charge in [-0.1, -0.05) is 11.3 Å². The van der Waals surface area contributed by atoms with Crippen LogP contribution in [0.4, 0.5) is 9.52 Å². The molecule has 29 heavy (non-hydrogen) atoms. The Morgan fingerprint density at radius 1 is 1.21 bits per heavy atom. The van der Waals surface area contributed by atoms with Crippen LogP contribution in [0.15, 0.2) is 18.2 Å². The summed E-state index contributed by atoms with van der Waals surface area (Å²) in [5, 5.41) is 0.886. The zero-order valence-electron chi connectivity index (χ0n) is 16.6. The number of benzene rings is 1. The van der Waals surface area contributed by atoms with E-state index in [9.17, 15) is 14.0 Å². The first-order chi connectivity index (χ1) is 14.0. The Bertz CT molecular complexity index is 894. The molecule has 1 unspecified atom stereocenters. The summed E-state index contributed by atoms with van der Waals surface area (Å²) in [7, 11) is 0. The molecule has 8 heteroatoms. The lowest BCUT2D eigenvalue weighted by molar-refractivity contribution is -0.152. The first-order valence-electron chi connectivity index (χ1n) is 10.3. The Morgan fingerprint density at radius 3 is 2.76 bits per heavy atom. The summed E-state index contributed by atoms with van der Waals surface area (Å²) in [6, 6.07) is 4.65. The monoisotopic (exact) mass is 419 g/mol. The summed E-state index contributed by atoms with van der Waals surface area (Å²) in [5.74, 6) is -0.494. The van der Waals surface area contributed by atoms with Crippen molar-refractivity contribution in [3.63, 3.8) is 0 Å². The van der Waals surface area contributed by atoms with Crippen LogP contribution in [0.2, 0.25) is 0 Å². The standard InChI is InChI=1S/C21H26FN3O3S/c1-2-28-20(27)15-4-3-9-25(13-15)19(26)14-7-10-24(11-8-14)21-23-17-6-5-16(22)12-18(17)29-21/h5-6,12,14-15H,2-4,7-11,13H2,1H3. The summed E-state index contributed by atoms with van der Waals surface area (Å²) in [4.78, 5) is 33.7. The van der Waals surface area contributed by atoms with E-state index in [0.717, 1.165) is 60.7 Å². The van der Waals surface area contributed by atoms with Crippen molar-refractivity contribution in [1.29, 1.82) is 0 Å². The fourth-order valence-corrected chi connectivity index (χ4v) is 5.27. The van der Waals surface area contributed by atoms with Crippen molar-refractivity contribution < 1.29 is 18.7 Å². The molecule has 2 fully saturated rings. The number of likely N-dealkylation sites (tertiary alicyclic amines) is 1. The number of anilines is 1. The average molecular weight is 420 g/mol. The Balaban J connectivity index is 1.35. The fraction of sp³-hybridized carbons (Fsp3) is 0.571. The van der Waals surface area contributed by atoms with E-state index in [4.69, 9.17) is 4.74 Å². The third-order valence-corrected chi connectivity index (χ3v) is 6.89. The zero-order chi connectivity index (χ0) is 20.4. The van der Waals surface area contributed by atoms with E-state index in [-0.39, 0.29) is 29.5 Å². The molecule has 2 aliphatic rings. The van der Waals surface area contributed by atoms with Crippen LogP contribution in [0.5, 0.6) is 0 Å². The number of rotatable bonds is 4. The predicted molar refractivity (Wildman–Crippen MR) is 110 cm³/mol. The molecule has 2 aliphatic heterocycles. The van der Waals surface area contributed by atoms with E-state index in [2.05, 4.69) is 9.88 Å². The number of hydrogen-bond donors (Lipinski definition) is 0. The molecule has 0 aliphatic carbocycles. The molecule has 2 aromatic rings. The number of nitrogens with zero attached hydrogens (tertiary/aromatic N) is 3. The summed E-state index contributed by atoms with van der Waals surface area (Å²) in [6.07, 6.45) is 3.17. The Hall–Kier alpha value is -2.22. The molecule has 4 rings (SSSR count). The summed E-state index contributed by atoms with van der Waals surface area (Å²) in [6.45, 7) is 4.89. The number of halogens is 1. The maximum Gasteiger partial charge on any atom is 0.310 e. The van der Waals surface area contributed by atoms with Crippen molar-refractivity contribution >= 4 is 38.6 Å². The van der Waals surface area contributed by atoms with E-state index in [1.54, 1.807) is 13.0 Å². The van der Waals surface area contributed by atoms with E-state index in [1.165, 1.54) is 23.5 Å². The number of hydrogen-bond acceptors (Lipinski definition) is 6. The van der Waals surface area contributed by atoms with Gasteiger partial charge in [0.05, 0.1) is 22.7 Å². The van der Waals surface area contributed by atoms with E-state index in [0.29, 0.717) is 13.2 Å². The second-order valence-corrected chi connectivity index (χ2v) is 8.75. The van der Waals surface area contributed by atoms with Gasteiger partial charge in [-0.3, -0.25) is 9.59 Å². The van der Waals surface area contributed by atoms with Crippen LogP contribution < -0.4 is 4.90 Å². The topological polar surface area (TPSA) is 62.7 Å². The van der Waals surface area contributed by atoms with Crippen LogP contribution >= 0.6 is 11.3 Å². The van der Waals surface area contributed by atoms with Gasteiger partial charge >= 0.3 is 5.97 Å². The molecular weight excluding hydrogens is 393 g/mol. The molecule has 0 radical (unpaired) electrons. The van der Waals surface area contributed by atoms with Crippen LogP contribution in [0.1, 0.15) is 32.6 Å². The quantitative estimate of drug-likeness (QED) is 0.711. The van der Waals surface area contributed by atoms with Crippen molar-refractivity contribution in [2.45, 2.75) is 32.6 Å². The molecule has 1 aromatic carbocycles. The van der Waals surface area contributed by atoms with Gasteiger partial charge in [-0.2, -0.15) is 0 Å². The van der Waals surface area contributed by atoms with Gasteiger partial charge in [0.2, 0.25) is 5.91 Å². The number of ether oxygens (including phenoxy) is 1.